The first kappa shape index (κ1) is 19.9. The Morgan fingerprint density at radius 2 is 1.75 bits per heavy atom. The molecule has 4 N–H and O–H groups in total. The first-order chi connectivity index (χ1) is 11.1. The lowest BCUT2D eigenvalue weighted by atomic mass is 10.2. The lowest BCUT2D eigenvalue weighted by Crippen LogP contribution is -2.36. The van der Waals surface area contributed by atoms with Gasteiger partial charge in [-0.3, -0.25) is 9.59 Å². The number of nitrogens with zero attached hydrogens (tertiary/aromatic N) is 2. The predicted molar refractivity (Wildman–Crippen MR) is 92.3 cm³/mol. The van der Waals surface area contributed by atoms with Crippen molar-refractivity contribution >= 4 is 33.2 Å². The van der Waals surface area contributed by atoms with Crippen LogP contribution in [0, 0.1) is 0 Å². The molecule has 0 spiro atoms. The molecule has 0 aromatic heterocycles. The second-order valence-corrected chi connectivity index (χ2v) is 7.54. The average molecular weight is 357 g/mol. The summed E-state index contributed by atoms with van der Waals surface area (Å²) in [6, 6.07) is 4.45. The molecule has 0 saturated heterocycles. The zero-order valence-corrected chi connectivity index (χ0v) is 15.0. The summed E-state index contributed by atoms with van der Waals surface area (Å²) in [6.07, 6.45) is 0. The van der Waals surface area contributed by atoms with Crippen LogP contribution in [-0.2, 0) is 19.6 Å². The Morgan fingerprint density at radius 1 is 1.12 bits per heavy atom. The number of carbonyl (C=O) groups is 2. The van der Waals surface area contributed by atoms with Crippen LogP contribution in [0.25, 0.3) is 0 Å². The van der Waals surface area contributed by atoms with Crippen LogP contribution in [0.1, 0.15) is 0 Å². The standard InChI is InChI=1S/C14H23N5O4S/c1-18(2)12-6-5-10(24(22,23)19(3)4)7-11(12)17-14(21)9-16-13(20)8-15/h5-7H,8-9,15H2,1-4H3,(H,16,20)(H,17,21). The third-order valence-electron chi connectivity index (χ3n) is 3.13. The van der Waals surface area contributed by atoms with Crippen LogP contribution in [-0.4, -0.2) is 65.8 Å². The minimum absolute atomic E-state index is 0.0550. The first-order valence-corrected chi connectivity index (χ1v) is 8.54. The number of nitrogens with two attached hydrogens (primary N) is 1. The van der Waals surface area contributed by atoms with Gasteiger partial charge in [-0.25, -0.2) is 12.7 Å². The Morgan fingerprint density at radius 3 is 2.25 bits per heavy atom. The van der Waals surface area contributed by atoms with Crippen LogP contribution in [0.2, 0.25) is 0 Å². The van der Waals surface area contributed by atoms with Crippen LogP contribution in [0.15, 0.2) is 23.1 Å². The zero-order valence-electron chi connectivity index (χ0n) is 14.2. The number of sulfonamides is 1. The summed E-state index contributed by atoms with van der Waals surface area (Å²) in [5, 5.41) is 4.95. The van der Waals surface area contributed by atoms with E-state index in [1.165, 1.54) is 26.2 Å². The molecular weight excluding hydrogens is 334 g/mol. The van der Waals surface area contributed by atoms with Gasteiger partial charge in [0, 0.05) is 28.2 Å². The van der Waals surface area contributed by atoms with Crippen LogP contribution in [0.5, 0.6) is 0 Å². The van der Waals surface area contributed by atoms with E-state index in [0.29, 0.717) is 11.4 Å². The second-order valence-electron chi connectivity index (χ2n) is 5.39. The van der Waals surface area contributed by atoms with E-state index in [0.717, 1.165) is 4.31 Å². The molecule has 1 aromatic rings. The molecule has 9 nitrogen and oxygen atoms in total. The fraction of sp³-hybridized carbons (Fsp3) is 0.429. The highest BCUT2D eigenvalue weighted by Crippen LogP contribution is 2.28. The molecule has 134 valence electrons. The van der Waals surface area contributed by atoms with Crippen molar-refractivity contribution in [3.8, 4) is 0 Å². The van der Waals surface area contributed by atoms with Gasteiger partial charge in [0.15, 0.2) is 0 Å². The molecule has 1 rings (SSSR count). The second kappa shape index (κ2) is 8.08. The smallest absolute Gasteiger partial charge is 0.243 e. The average Bonchev–Trinajstić information content (AvgIpc) is 2.51. The number of hydrogen-bond acceptors (Lipinski definition) is 6. The predicted octanol–water partition coefficient (Wildman–Crippen LogP) is -0.984. The third-order valence-corrected chi connectivity index (χ3v) is 4.95. The minimum Gasteiger partial charge on any atom is -0.376 e. The van der Waals surface area contributed by atoms with Gasteiger partial charge in [0.25, 0.3) is 0 Å². The maximum Gasteiger partial charge on any atom is 0.243 e. The van der Waals surface area contributed by atoms with Crippen LogP contribution >= 0.6 is 0 Å². The molecule has 2 amide bonds. The van der Waals surface area contributed by atoms with Gasteiger partial charge in [0.1, 0.15) is 0 Å². The first-order valence-electron chi connectivity index (χ1n) is 7.10. The van der Waals surface area contributed by atoms with Crippen LogP contribution < -0.4 is 21.3 Å². The lowest BCUT2D eigenvalue weighted by Gasteiger charge is -2.20. The van der Waals surface area contributed by atoms with Gasteiger partial charge in [-0.15, -0.1) is 0 Å². The number of nitrogens with one attached hydrogen (secondary N) is 2. The molecular formula is C14H23N5O4S. The number of hydrogen-bond donors (Lipinski definition) is 3. The van der Waals surface area contributed by atoms with Crippen LogP contribution in [0.3, 0.4) is 0 Å². The number of anilines is 2. The molecule has 0 saturated carbocycles. The van der Waals surface area contributed by atoms with E-state index in [2.05, 4.69) is 10.6 Å². The number of amides is 2. The quantitative estimate of drug-likeness (QED) is 0.576. The molecule has 0 aliphatic rings. The summed E-state index contributed by atoms with van der Waals surface area (Å²) >= 11 is 0. The van der Waals surface area contributed by atoms with E-state index < -0.39 is 21.8 Å². The van der Waals surface area contributed by atoms with E-state index in [1.54, 1.807) is 25.1 Å². The van der Waals surface area contributed by atoms with Gasteiger partial charge in [0.05, 0.1) is 29.4 Å². The lowest BCUT2D eigenvalue weighted by molar-refractivity contribution is -0.123. The van der Waals surface area contributed by atoms with Crippen molar-refractivity contribution in [1.29, 1.82) is 0 Å². The van der Waals surface area contributed by atoms with Gasteiger partial charge < -0.3 is 21.3 Å². The molecule has 0 fully saturated rings. The van der Waals surface area contributed by atoms with E-state index in [9.17, 15) is 18.0 Å². The minimum atomic E-state index is -3.63. The van der Waals surface area contributed by atoms with Crippen molar-refractivity contribution in [1.82, 2.24) is 9.62 Å². The zero-order chi connectivity index (χ0) is 18.5. The maximum atomic E-state index is 12.2. The monoisotopic (exact) mass is 357 g/mol. The summed E-state index contributed by atoms with van der Waals surface area (Å²) in [5.74, 6) is -0.943. The summed E-state index contributed by atoms with van der Waals surface area (Å²) < 4.78 is 25.6. The molecule has 1 aromatic carbocycles. The topological polar surface area (TPSA) is 125 Å². The van der Waals surface area contributed by atoms with Crippen molar-refractivity contribution in [2.45, 2.75) is 4.90 Å². The molecule has 0 unspecified atom stereocenters. The van der Waals surface area contributed by atoms with E-state index in [-0.39, 0.29) is 18.0 Å². The van der Waals surface area contributed by atoms with Crippen molar-refractivity contribution in [2.24, 2.45) is 5.73 Å². The third kappa shape index (κ3) is 4.91. The highest BCUT2D eigenvalue weighted by molar-refractivity contribution is 7.89. The van der Waals surface area contributed by atoms with E-state index in [4.69, 9.17) is 5.73 Å². The fourth-order valence-electron chi connectivity index (χ4n) is 1.82. The van der Waals surface area contributed by atoms with Crippen LogP contribution in [0.4, 0.5) is 11.4 Å². The fourth-order valence-corrected chi connectivity index (χ4v) is 2.75. The maximum absolute atomic E-state index is 12.2. The summed E-state index contributed by atoms with van der Waals surface area (Å²) in [7, 11) is 2.75. The molecule has 0 aliphatic carbocycles. The Hall–Kier alpha value is -2.17. The van der Waals surface area contributed by atoms with E-state index >= 15 is 0 Å². The van der Waals surface area contributed by atoms with Gasteiger partial charge in [0.2, 0.25) is 21.8 Å². The number of benzene rings is 1. The highest BCUT2D eigenvalue weighted by atomic mass is 32.2. The van der Waals surface area contributed by atoms with Crippen molar-refractivity contribution in [2.75, 3.05) is 51.5 Å². The molecule has 10 heteroatoms. The normalized spacial score (nSPS) is 11.2. The van der Waals surface area contributed by atoms with Gasteiger partial charge >= 0.3 is 0 Å². The largest absolute Gasteiger partial charge is 0.376 e. The van der Waals surface area contributed by atoms with Crippen molar-refractivity contribution in [3.63, 3.8) is 0 Å². The Bertz CT molecular complexity index is 716. The van der Waals surface area contributed by atoms with Gasteiger partial charge in [-0.05, 0) is 18.2 Å². The van der Waals surface area contributed by atoms with Gasteiger partial charge in [-0.2, -0.15) is 0 Å². The highest BCUT2D eigenvalue weighted by Gasteiger charge is 2.20. The molecule has 24 heavy (non-hydrogen) atoms. The number of carbonyl (C=O) groups excluding carboxylic acids is 2. The van der Waals surface area contributed by atoms with Crippen molar-refractivity contribution < 1.29 is 18.0 Å². The molecule has 0 heterocycles. The van der Waals surface area contributed by atoms with E-state index in [1.807, 2.05) is 0 Å². The SMILES string of the molecule is CN(C)c1ccc(S(=O)(=O)N(C)C)cc1NC(=O)CNC(=O)CN. The van der Waals surface area contributed by atoms with Gasteiger partial charge in [-0.1, -0.05) is 0 Å². The summed E-state index contributed by atoms with van der Waals surface area (Å²) in [5.41, 5.74) is 6.11. The summed E-state index contributed by atoms with van der Waals surface area (Å²) in [6.45, 7) is -0.472. The Kier molecular flexibility index (Phi) is 6.70. The molecule has 0 bridgehead atoms. The Balaban J connectivity index is 3.10. The molecule has 0 aliphatic heterocycles. The molecule has 0 atom stereocenters. The molecule has 0 radical (unpaired) electrons. The van der Waals surface area contributed by atoms with Crippen molar-refractivity contribution in [3.05, 3.63) is 18.2 Å². The summed E-state index contributed by atoms with van der Waals surface area (Å²) in [4.78, 5) is 24.8. The number of rotatable bonds is 7. The Labute approximate surface area is 141 Å².